The fraction of sp³-hybridized carbons (Fsp3) is 0.229. The minimum Gasteiger partial charge on any atom is -0.344 e. The molecule has 0 radical (unpaired) electrons. The molecule has 4 aromatic carbocycles. The van der Waals surface area contributed by atoms with E-state index in [9.17, 15) is 0 Å². The van der Waals surface area contributed by atoms with Crippen molar-refractivity contribution in [3.63, 3.8) is 0 Å². The summed E-state index contributed by atoms with van der Waals surface area (Å²) in [6.45, 7) is 15.1. The number of nitrogens with zero attached hydrogens (tertiary/aromatic N) is 4. The normalized spacial score (nSPS) is 11.1. The van der Waals surface area contributed by atoms with E-state index >= 15 is 0 Å². The average molecular weight is 513 g/mol. The molecule has 0 aliphatic heterocycles. The molecule has 1 heterocycles. The summed E-state index contributed by atoms with van der Waals surface area (Å²) >= 11 is 0. The fourth-order valence-corrected chi connectivity index (χ4v) is 5.84. The zero-order chi connectivity index (χ0) is 27.8. The van der Waals surface area contributed by atoms with E-state index in [4.69, 9.17) is 4.98 Å². The first-order valence-corrected chi connectivity index (χ1v) is 13.4. The van der Waals surface area contributed by atoms with E-state index in [0.29, 0.717) is 0 Å². The summed E-state index contributed by atoms with van der Waals surface area (Å²) in [7, 11) is 2.15. The molecular weight excluding hydrogens is 476 g/mol. The molecule has 4 heteroatoms. The van der Waals surface area contributed by atoms with E-state index in [1.165, 1.54) is 55.8 Å². The van der Waals surface area contributed by atoms with Gasteiger partial charge in [0.25, 0.3) is 0 Å². The molecule has 0 N–H and O–H groups in total. The van der Waals surface area contributed by atoms with E-state index < -0.39 is 0 Å². The van der Waals surface area contributed by atoms with Crippen LogP contribution in [0.25, 0.3) is 33.9 Å². The minimum atomic E-state index is 0.724. The van der Waals surface area contributed by atoms with Gasteiger partial charge in [0, 0.05) is 29.5 Å². The standard InChI is InChI=1S/C35H36N4/c1-21-18-22(2)31(23(3)19-21)34-36-20-37-35(38-34)32-24(4)26(6)33(27(7)25(32)5)39(8)30-16-14-29(15-17-30)28-12-10-9-11-13-28/h9-20H,1-8H3. The van der Waals surface area contributed by atoms with Gasteiger partial charge in [0.2, 0.25) is 0 Å². The van der Waals surface area contributed by atoms with Crippen LogP contribution in [0.15, 0.2) is 73.1 Å². The Bertz CT molecular complexity index is 1620. The maximum atomic E-state index is 5.00. The first-order valence-electron chi connectivity index (χ1n) is 13.4. The van der Waals surface area contributed by atoms with Gasteiger partial charge in [-0.1, -0.05) is 60.2 Å². The van der Waals surface area contributed by atoms with E-state index in [1.807, 2.05) is 6.07 Å². The zero-order valence-electron chi connectivity index (χ0n) is 24.2. The Hall–Kier alpha value is -4.31. The highest BCUT2D eigenvalue weighted by Gasteiger charge is 2.22. The smallest absolute Gasteiger partial charge is 0.163 e. The largest absolute Gasteiger partial charge is 0.344 e. The van der Waals surface area contributed by atoms with Crippen molar-refractivity contribution < 1.29 is 0 Å². The van der Waals surface area contributed by atoms with Gasteiger partial charge in [-0.05, 0) is 105 Å². The lowest BCUT2D eigenvalue weighted by Crippen LogP contribution is -2.15. The molecule has 0 spiro atoms. The number of anilines is 2. The van der Waals surface area contributed by atoms with E-state index in [2.05, 4.69) is 131 Å². The predicted molar refractivity (Wildman–Crippen MR) is 164 cm³/mol. The van der Waals surface area contributed by atoms with Crippen molar-refractivity contribution >= 4 is 11.4 Å². The molecule has 0 aliphatic rings. The molecular formula is C35H36N4. The molecule has 0 unspecified atom stereocenters. The van der Waals surface area contributed by atoms with Gasteiger partial charge in [0.1, 0.15) is 6.33 Å². The molecule has 0 amide bonds. The van der Waals surface area contributed by atoms with Crippen molar-refractivity contribution in [1.82, 2.24) is 15.0 Å². The molecule has 0 saturated carbocycles. The van der Waals surface area contributed by atoms with Crippen molar-refractivity contribution in [1.29, 1.82) is 0 Å². The molecule has 4 nitrogen and oxygen atoms in total. The highest BCUT2D eigenvalue weighted by molar-refractivity contribution is 5.81. The van der Waals surface area contributed by atoms with Crippen molar-refractivity contribution in [3.8, 4) is 33.9 Å². The van der Waals surface area contributed by atoms with Crippen LogP contribution in [0.5, 0.6) is 0 Å². The Morgan fingerprint density at radius 2 is 1.08 bits per heavy atom. The Labute approximate surface area is 232 Å². The van der Waals surface area contributed by atoms with Crippen LogP contribution >= 0.6 is 0 Å². The molecule has 39 heavy (non-hydrogen) atoms. The third-order valence-electron chi connectivity index (χ3n) is 7.98. The highest BCUT2D eigenvalue weighted by Crippen LogP contribution is 2.40. The second kappa shape index (κ2) is 10.5. The maximum Gasteiger partial charge on any atom is 0.163 e. The molecule has 196 valence electrons. The number of hydrogen-bond acceptors (Lipinski definition) is 4. The summed E-state index contributed by atoms with van der Waals surface area (Å²) < 4.78 is 0. The Balaban J connectivity index is 1.56. The summed E-state index contributed by atoms with van der Waals surface area (Å²) in [5.74, 6) is 1.45. The van der Waals surface area contributed by atoms with Gasteiger partial charge >= 0.3 is 0 Å². The number of rotatable bonds is 5. The van der Waals surface area contributed by atoms with Crippen LogP contribution in [0.2, 0.25) is 0 Å². The first kappa shape index (κ1) is 26.3. The Kier molecular flexibility index (Phi) is 7.05. The number of aromatic nitrogens is 3. The molecule has 0 saturated heterocycles. The van der Waals surface area contributed by atoms with Gasteiger partial charge in [0.05, 0.1) is 0 Å². The molecule has 5 aromatic rings. The Morgan fingerprint density at radius 3 is 1.64 bits per heavy atom. The van der Waals surface area contributed by atoms with Crippen molar-refractivity contribution in [3.05, 3.63) is 112 Å². The van der Waals surface area contributed by atoms with Gasteiger partial charge in [-0.3, -0.25) is 0 Å². The van der Waals surface area contributed by atoms with Crippen LogP contribution in [0.3, 0.4) is 0 Å². The van der Waals surface area contributed by atoms with E-state index in [0.717, 1.165) is 28.5 Å². The third kappa shape index (κ3) is 4.83. The lowest BCUT2D eigenvalue weighted by atomic mass is 9.90. The van der Waals surface area contributed by atoms with E-state index in [-0.39, 0.29) is 0 Å². The van der Waals surface area contributed by atoms with E-state index in [1.54, 1.807) is 6.33 Å². The van der Waals surface area contributed by atoms with Crippen LogP contribution in [0.1, 0.15) is 38.9 Å². The van der Waals surface area contributed by atoms with Crippen LogP contribution in [0.4, 0.5) is 11.4 Å². The SMILES string of the molecule is Cc1cc(C)c(-c2ncnc(-c3c(C)c(C)c(N(C)c4ccc(-c5ccccc5)cc4)c(C)c3C)n2)c(C)c1. The van der Waals surface area contributed by atoms with Crippen LogP contribution in [0, 0.1) is 48.5 Å². The minimum absolute atomic E-state index is 0.724. The lowest BCUT2D eigenvalue weighted by molar-refractivity contribution is 1.04. The summed E-state index contributed by atoms with van der Waals surface area (Å²) in [5, 5.41) is 0. The molecule has 5 rings (SSSR count). The highest BCUT2D eigenvalue weighted by atomic mass is 15.1. The maximum absolute atomic E-state index is 5.00. The quantitative estimate of drug-likeness (QED) is 0.236. The van der Waals surface area contributed by atoms with Crippen molar-refractivity contribution in [2.45, 2.75) is 48.5 Å². The summed E-state index contributed by atoms with van der Waals surface area (Å²) in [4.78, 5) is 16.5. The van der Waals surface area contributed by atoms with Crippen molar-refractivity contribution in [2.24, 2.45) is 0 Å². The van der Waals surface area contributed by atoms with Crippen LogP contribution < -0.4 is 4.90 Å². The number of hydrogen-bond donors (Lipinski definition) is 0. The summed E-state index contributed by atoms with van der Waals surface area (Å²) in [5.41, 5.74) is 15.4. The number of benzene rings is 4. The summed E-state index contributed by atoms with van der Waals surface area (Å²) in [6.07, 6.45) is 1.65. The van der Waals surface area contributed by atoms with Gasteiger partial charge in [-0.25, -0.2) is 15.0 Å². The molecule has 0 atom stereocenters. The van der Waals surface area contributed by atoms with Gasteiger partial charge < -0.3 is 4.90 Å². The van der Waals surface area contributed by atoms with Gasteiger partial charge in [-0.15, -0.1) is 0 Å². The average Bonchev–Trinajstić information content (AvgIpc) is 2.92. The van der Waals surface area contributed by atoms with Gasteiger partial charge in [-0.2, -0.15) is 0 Å². The third-order valence-corrected chi connectivity index (χ3v) is 7.98. The summed E-state index contributed by atoms with van der Waals surface area (Å²) in [6, 6.07) is 23.7. The molecule has 1 aromatic heterocycles. The molecule has 0 fully saturated rings. The predicted octanol–water partition coefficient (Wildman–Crippen LogP) is 8.80. The number of aryl methyl sites for hydroxylation is 3. The second-order valence-corrected chi connectivity index (χ2v) is 10.6. The molecule has 0 bridgehead atoms. The second-order valence-electron chi connectivity index (χ2n) is 10.6. The fourth-order valence-electron chi connectivity index (χ4n) is 5.84. The van der Waals surface area contributed by atoms with Crippen LogP contribution in [-0.2, 0) is 0 Å². The molecule has 0 aliphatic carbocycles. The topological polar surface area (TPSA) is 41.9 Å². The van der Waals surface area contributed by atoms with Gasteiger partial charge in [0.15, 0.2) is 11.6 Å². The zero-order valence-corrected chi connectivity index (χ0v) is 24.2. The first-order chi connectivity index (χ1) is 18.7. The Morgan fingerprint density at radius 1 is 0.564 bits per heavy atom. The van der Waals surface area contributed by atoms with Crippen LogP contribution in [-0.4, -0.2) is 22.0 Å². The van der Waals surface area contributed by atoms with Crippen molar-refractivity contribution in [2.75, 3.05) is 11.9 Å². The monoisotopic (exact) mass is 512 g/mol. The lowest BCUT2D eigenvalue weighted by Gasteiger charge is -2.28.